The summed E-state index contributed by atoms with van der Waals surface area (Å²) in [6.07, 6.45) is 13.4. The van der Waals surface area contributed by atoms with Crippen LogP contribution in [0, 0.1) is 5.41 Å². The van der Waals surface area contributed by atoms with Gasteiger partial charge in [0.2, 0.25) is 0 Å². The van der Waals surface area contributed by atoms with Gasteiger partial charge in [-0.05, 0) is 94.9 Å². The Morgan fingerprint density at radius 1 is 0.789 bits per heavy atom. The Morgan fingerprint density at radius 3 is 1.58 bits per heavy atom. The molecule has 2 saturated carbocycles. The Balaban J connectivity index is 0.000000188. The van der Waals surface area contributed by atoms with Gasteiger partial charge in [0, 0.05) is 17.1 Å². The van der Waals surface area contributed by atoms with Gasteiger partial charge in [0.15, 0.2) is 0 Å². The molecule has 2 aromatic rings. The first-order chi connectivity index (χ1) is 17.7. The van der Waals surface area contributed by atoms with Crippen LogP contribution in [0.25, 0.3) is 0 Å². The second kappa shape index (κ2) is 14.5. The van der Waals surface area contributed by atoms with E-state index >= 15 is 0 Å². The van der Waals surface area contributed by atoms with Crippen molar-refractivity contribution >= 4 is 44.7 Å². The maximum absolute atomic E-state index is 6.04. The Labute approximate surface area is 258 Å². The number of rotatable bonds is 4. The van der Waals surface area contributed by atoms with Crippen LogP contribution in [-0.4, -0.2) is 24.0 Å². The van der Waals surface area contributed by atoms with Crippen molar-refractivity contribution in [1.29, 1.82) is 0 Å². The third-order valence-electron chi connectivity index (χ3n) is 8.71. The van der Waals surface area contributed by atoms with Crippen molar-refractivity contribution in [3.05, 3.63) is 72.2 Å². The number of hydrogen-bond donors (Lipinski definition) is 0. The molecule has 4 aliphatic rings. The van der Waals surface area contributed by atoms with E-state index in [1.807, 2.05) is 0 Å². The van der Waals surface area contributed by atoms with Gasteiger partial charge in [0.1, 0.15) is 0 Å². The van der Waals surface area contributed by atoms with Crippen LogP contribution in [0.1, 0.15) is 79.1 Å². The molecule has 0 unspecified atom stereocenters. The van der Waals surface area contributed by atoms with Crippen LogP contribution < -0.4 is 10.6 Å². The fourth-order valence-electron chi connectivity index (χ4n) is 5.78. The fraction of sp³-hybridized carbons (Fsp3) is 0.533. The molecule has 6 rings (SSSR count). The summed E-state index contributed by atoms with van der Waals surface area (Å²) in [5, 5.41) is 3.09. The van der Waals surface area contributed by atoms with E-state index in [-0.39, 0.29) is 59.3 Å². The van der Waals surface area contributed by atoms with Gasteiger partial charge in [-0.3, -0.25) is 0 Å². The average Bonchev–Trinajstić information content (AvgIpc) is 3.40. The van der Waals surface area contributed by atoms with E-state index in [1.54, 1.807) is 10.6 Å². The van der Waals surface area contributed by atoms with Crippen LogP contribution in [0.15, 0.2) is 72.2 Å². The van der Waals surface area contributed by atoms with E-state index < -0.39 is 0 Å². The first-order valence-corrected chi connectivity index (χ1v) is 18.9. The van der Waals surface area contributed by atoms with E-state index in [2.05, 4.69) is 94.4 Å². The maximum atomic E-state index is 6.04. The monoisotopic (exact) mass is 706 g/mol. The van der Waals surface area contributed by atoms with Gasteiger partial charge in [-0.2, -0.15) is 0 Å². The average molecular weight is 708 g/mol. The van der Waals surface area contributed by atoms with Crippen molar-refractivity contribution in [2.45, 2.75) is 95.9 Å². The van der Waals surface area contributed by atoms with Gasteiger partial charge in [-0.1, -0.05) is 86.0 Å². The van der Waals surface area contributed by atoms with Gasteiger partial charge in [-0.25, -0.2) is 0 Å². The fourth-order valence-corrected chi connectivity index (χ4v) is 8.79. The molecular weight excluding hydrogens is 667 g/mol. The van der Waals surface area contributed by atoms with E-state index in [9.17, 15) is 0 Å². The molecule has 3 aliphatic carbocycles. The summed E-state index contributed by atoms with van der Waals surface area (Å²) >= 11 is -0.106. The Kier molecular flexibility index (Phi) is 12.5. The van der Waals surface area contributed by atoms with Gasteiger partial charge in [0.25, 0.3) is 0 Å². The Bertz CT molecular complexity index is 976. The molecule has 0 aromatic heterocycles. The quantitative estimate of drug-likeness (QED) is 0.234. The third kappa shape index (κ3) is 7.80. The molecule has 3 fully saturated rings. The maximum Gasteiger partial charge on any atom is 0 e. The van der Waals surface area contributed by atoms with Crippen molar-refractivity contribution in [3.8, 4) is 0 Å². The van der Waals surface area contributed by atoms with Crippen LogP contribution >= 0.6 is 27.0 Å². The molecule has 0 radical (unpaired) electrons. The smallest absolute Gasteiger partial charge is 0 e. The molecule has 0 amide bonds. The molecule has 38 heavy (non-hydrogen) atoms. The van der Waals surface area contributed by atoms with Crippen LogP contribution in [-0.2, 0) is 42.3 Å². The summed E-state index contributed by atoms with van der Waals surface area (Å²) in [7, 11) is 9.39. The van der Waals surface area contributed by atoms with Crippen molar-refractivity contribution in [2.24, 2.45) is 5.41 Å². The summed E-state index contributed by atoms with van der Waals surface area (Å²) in [5.74, 6) is 0. The largest absolute Gasteiger partial charge is 0.0622 e. The molecule has 0 bridgehead atoms. The molecular formula is C30H40BCl2FeO2PPd. The molecule has 1 spiro atoms. The summed E-state index contributed by atoms with van der Waals surface area (Å²) in [6, 6.07) is 22.2. The molecule has 1 aliphatic heterocycles. The number of halogens is 2. The zero-order chi connectivity index (χ0) is 26.5. The van der Waals surface area contributed by atoms with Gasteiger partial charge < -0.3 is 9.31 Å². The van der Waals surface area contributed by atoms with E-state index in [4.69, 9.17) is 28.4 Å². The van der Waals surface area contributed by atoms with Crippen molar-refractivity contribution in [1.82, 2.24) is 0 Å². The van der Waals surface area contributed by atoms with E-state index in [1.165, 1.54) is 56.8 Å². The third-order valence-corrected chi connectivity index (χ3v) is 11.7. The van der Waals surface area contributed by atoms with Crippen LogP contribution in [0.2, 0.25) is 0 Å². The number of benzene rings is 2. The molecule has 0 atom stereocenters. The SMILES string of the molecule is CC1(C)OB(C2=CC3(CCC3)C2)OC1(C)C.[Cl][Pd][Cl].[Fe].c1ccc(P(c2ccccc2)C2CCCC2)cc1. The molecule has 2 nitrogen and oxygen atoms in total. The van der Waals surface area contributed by atoms with Crippen molar-refractivity contribution in [2.75, 3.05) is 0 Å². The standard InChI is InChI=1S/C17H19P.C13H21BO2.2ClH.Fe.Pd/c1-3-9-15(10-4-1)18(17-13-7-8-14-17)16-11-5-2-6-12-16;1-11(2)12(3,4)16-14(15-11)10-8-13(9-10)6-5-7-13;;;;/h1-6,9-12,17H,7-8,13-14H2;8H,5-7,9H2,1-4H3;2*1H;;/q;;;;;+2/p-2. The van der Waals surface area contributed by atoms with Gasteiger partial charge in [-0.15, -0.1) is 0 Å². The van der Waals surface area contributed by atoms with Crippen LogP contribution in [0.4, 0.5) is 0 Å². The Hall–Kier alpha value is 0.357. The summed E-state index contributed by atoms with van der Waals surface area (Å²) in [6.45, 7) is 8.47. The minimum absolute atomic E-state index is 0. The summed E-state index contributed by atoms with van der Waals surface area (Å²) in [4.78, 5) is 0. The second-order valence-electron chi connectivity index (χ2n) is 11.7. The zero-order valence-electron chi connectivity index (χ0n) is 22.9. The number of hydrogen-bond acceptors (Lipinski definition) is 2. The summed E-state index contributed by atoms with van der Waals surface area (Å²) in [5.41, 5.74) is 2.43. The molecule has 0 N–H and O–H groups in total. The Morgan fingerprint density at radius 2 is 1.21 bits per heavy atom. The first kappa shape index (κ1) is 32.9. The molecule has 8 heteroatoms. The molecule has 1 saturated heterocycles. The van der Waals surface area contributed by atoms with Crippen LogP contribution in [0.5, 0.6) is 0 Å². The van der Waals surface area contributed by atoms with Crippen LogP contribution in [0.3, 0.4) is 0 Å². The minimum Gasteiger partial charge on any atom is -0.0622 e. The predicted octanol–water partition coefficient (Wildman–Crippen LogP) is 8.55. The predicted molar refractivity (Wildman–Crippen MR) is 158 cm³/mol. The normalized spacial score (nSPS) is 22.3. The first-order valence-electron chi connectivity index (χ1n) is 13.5. The summed E-state index contributed by atoms with van der Waals surface area (Å²) < 4.78 is 12.1. The topological polar surface area (TPSA) is 18.5 Å². The second-order valence-corrected chi connectivity index (χ2v) is 16.6. The van der Waals surface area contributed by atoms with Crippen molar-refractivity contribution in [3.63, 3.8) is 0 Å². The van der Waals surface area contributed by atoms with E-state index in [0.717, 1.165) is 5.66 Å². The zero-order valence-corrected chi connectivity index (χ0v) is 27.9. The van der Waals surface area contributed by atoms with Crippen molar-refractivity contribution < 1.29 is 42.3 Å². The molecule has 1 heterocycles. The number of allylic oxidation sites excluding steroid dienone is 2. The van der Waals surface area contributed by atoms with Gasteiger partial charge >= 0.3 is 42.1 Å². The minimum atomic E-state index is -0.194. The van der Waals surface area contributed by atoms with Gasteiger partial charge in [0.05, 0.1) is 11.2 Å². The molecule has 212 valence electrons. The van der Waals surface area contributed by atoms with E-state index in [0.29, 0.717) is 5.41 Å². The molecule has 2 aromatic carbocycles.